The van der Waals surface area contributed by atoms with E-state index in [1.807, 2.05) is 12.3 Å². The molecule has 1 rings (SSSR count). The summed E-state index contributed by atoms with van der Waals surface area (Å²) in [6.07, 6.45) is 0. The molecule has 2 N–H and O–H groups in total. The Balaban J connectivity index is 2.48. The average Bonchev–Trinajstić information content (AvgIpc) is 2.62. The second kappa shape index (κ2) is 5.38. The molecular formula is C9H12O3S2. The summed E-state index contributed by atoms with van der Waals surface area (Å²) < 4.78 is 0. The molecular weight excluding hydrogens is 220 g/mol. The lowest BCUT2D eigenvalue weighted by Crippen LogP contribution is -2.02. The Morgan fingerprint density at radius 2 is 2.43 bits per heavy atom. The van der Waals surface area contributed by atoms with Gasteiger partial charge in [-0.15, -0.1) is 23.1 Å². The molecule has 0 aliphatic rings. The molecule has 0 saturated heterocycles. The lowest BCUT2D eigenvalue weighted by atomic mass is 10.2. The summed E-state index contributed by atoms with van der Waals surface area (Å²) >= 11 is 2.81. The highest BCUT2D eigenvalue weighted by Gasteiger charge is 2.08. The van der Waals surface area contributed by atoms with Crippen molar-refractivity contribution in [2.45, 2.75) is 11.8 Å². The van der Waals surface area contributed by atoms with Crippen LogP contribution in [-0.2, 0) is 0 Å². The molecule has 3 nitrogen and oxygen atoms in total. The summed E-state index contributed by atoms with van der Waals surface area (Å²) in [5.74, 6) is 0.178. The van der Waals surface area contributed by atoms with E-state index in [9.17, 15) is 4.79 Å². The zero-order valence-electron chi connectivity index (χ0n) is 7.77. The number of rotatable bonds is 5. The second-order valence-corrected chi connectivity index (χ2v) is 5.06. The van der Waals surface area contributed by atoms with Crippen LogP contribution in [0, 0.1) is 5.92 Å². The van der Waals surface area contributed by atoms with Gasteiger partial charge >= 0.3 is 5.97 Å². The van der Waals surface area contributed by atoms with Crippen LogP contribution in [0.3, 0.4) is 0 Å². The first-order valence-electron chi connectivity index (χ1n) is 4.19. The molecule has 0 amide bonds. The molecule has 1 aromatic rings. The number of thioether (sulfide) groups is 1. The van der Waals surface area contributed by atoms with Gasteiger partial charge in [-0.25, -0.2) is 4.79 Å². The molecule has 5 heteroatoms. The Hall–Kier alpha value is -0.520. The van der Waals surface area contributed by atoms with Gasteiger partial charge in [0.2, 0.25) is 0 Å². The zero-order chi connectivity index (χ0) is 10.6. The maximum Gasteiger partial charge on any atom is 0.345 e. The normalized spacial score (nSPS) is 12.7. The summed E-state index contributed by atoms with van der Waals surface area (Å²) in [6.45, 7) is 2.13. The molecule has 0 radical (unpaired) electrons. The quantitative estimate of drug-likeness (QED) is 0.764. The smallest absolute Gasteiger partial charge is 0.345 e. The number of hydrogen-bond acceptors (Lipinski definition) is 4. The molecule has 1 atom stereocenters. The first-order valence-corrected chi connectivity index (χ1v) is 6.05. The molecule has 0 aliphatic carbocycles. The third-order valence-corrected chi connectivity index (χ3v) is 4.00. The minimum atomic E-state index is -0.878. The van der Waals surface area contributed by atoms with Crippen LogP contribution in [0.5, 0.6) is 0 Å². The molecule has 0 fully saturated rings. The van der Waals surface area contributed by atoms with Crippen LogP contribution in [0.15, 0.2) is 16.3 Å². The van der Waals surface area contributed by atoms with Crippen molar-refractivity contribution < 1.29 is 15.0 Å². The predicted molar refractivity (Wildman–Crippen MR) is 58.3 cm³/mol. The minimum absolute atomic E-state index is 0.170. The Morgan fingerprint density at radius 1 is 1.71 bits per heavy atom. The lowest BCUT2D eigenvalue weighted by molar-refractivity contribution is 0.0702. The van der Waals surface area contributed by atoms with E-state index in [1.165, 1.54) is 11.3 Å². The van der Waals surface area contributed by atoms with Gasteiger partial charge in [0.15, 0.2) is 0 Å². The van der Waals surface area contributed by atoms with Crippen LogP contribution in [-0.4, -0.2) is 28.5 Å². The summed E-state index contributed by atoms with van der Waals surface area (Å²) in [6, 6.07) is 1.67. The average molecular weight is 232 g/mol. The molecule has 1 heterocycles. The van der Waals surface area contributed by atoms with E-state index in [2.05, 4.69) is 0 Å². The van der Waals surface area contributed by atoms with E-state index in [0.29, 0.717) is 4.88 Å². The van der Waals surface area contributed by atoms with Gasteiger partial charge < -0.3 is 10.2 Å². The standard InChI is InChI=1S/C9H12O3S2/c1-6(3-10)4-13-7-2-8(9(11)12)14-5-7/h2,5-6,10H,3-4H2,1H3,(H,11,12). The zero-order valence-corrected chi connectivity index (χ0v) is 9.40. The molecule has 1 aromatic heterocycles. The highest BCUT2D eigenvalue weighted by Crippen LogP contribution is 2.26. The summed E-state index contributed by atoms with van der Waals surface area (Å²) in [4.78, 5) is 11.9. The minimum Gasteiger partial charge on any atom is -0.477 e. The first-order chi connectivity index (χ1) is 6.63. The fourth-order valence-electron chi connectivity index (χ4n) is 0.798. The first kappa shape index (κ1) is 11.6. The van der Waals surface area contributed by atoms with Gasteiger partial charge in [0.05, 0.1) is 0 Å². The van der Waals surface area contributed by atoms with Gasteiger partial charge in [-0.2, -0.15) is 0 Å². The van der Waals surface area contributed by atoms with Crippen molar-refractivity contribution >= 4 is 29.1 Å². The van der Waals surface area contributed by atoms with Crippen molar-refractivity contribution in [3.8, 4) is 0 Å². The maximum absolute atomic E-state index is 10.6. The number of aliphatic hydroxyl groups excluding tert-OH is 1. The highest BCUT2D eigenvalue weighted by molar-refractivity contribution is 7.99. The Kier molecular flexibility index (Phi) is 4.44. The van der Waals surface area contributed by atoms with Crippen LogP contribution in [0.2, 0.25) is 0 Å². The van der Waals surface area contributed by atoms with E-state index >= 15 is 0 Å². The molecule has 0 saturated carbocycles. The van der Waals surface area contributed by atoms with Gasteiger partial charge in [0, 0.05) is 22.6 Å². The Bertz CT molecular complexity index is 309. The molecule has 14 heavy (non-hydrogen) atoms. The third-order valence-electron chi connectivity index (χ3n) is 1.63. The third kappa shape index (κ3) is 3.32. The molecule has 0 spiro atoms. The van der Waals surface area contributed by atoms with Crippen LogP contribution < -0.4 is 0 Å². The molecule has 0 aliphatic heterocycles. The fourth-order valence-corrected chi connectivity index (χ4v) is 2.68. The van der Waals surface area contributed by atoms with Crippen LogP contribution in [0.25, 0.3) is 0 Å². The fraction of sp³-hybridized carbons (Fsp3) is 0.444. The number of carbonyl (C=O) groups is 1. The van der Waals surface area contributed by atoms with Crippen molar-refractivity contribution in [3.63, 3.8) is 0 Å². The predicted octanol–water partition coefficient (Wildman–Crippen LogP) is 2.17. The summed E-state index contributed by atoms with van der Waals surface area (Å²) in [5, 5.41) is 19.3. The van der Waals surface area contributed by atoms with E-state index < -0.39 is 5.97 Å². The van der Waals surface area contributed by atoms with Gasteiger partial charge in [-0.3, -0.25) is 0 Å². The molecule has 1 unspecified atom stereocenters. The molecule has 0 aromatic carbocycles. The lowest BCUT2D eigenvalue weighted by Gasteiger charge is -2.04. The van der Waals surface area contributed by atoms with Crippen LogP contribution in [0.4, 0.5) is 0 Å². The van der Waals surface area contributed by atoms with E-state index in [4.69, 9.17) is 10.2 Å². The Labute approximate surface area is 90.8 Å². The largest absolute Gasteiger partial charge is 0.477 e. The van der Waals surface area contributed by atoms with Crippen LogP contribution in [0.1, 0.15) is 16.6 Å². The summed E-state index contributed by atoms with van der Waals surface area (Å²) in [7, 11) is 0. The summed E-state index contributed by atoms with van der Waals surface area (Å²) in [5.41, 5.74) is 0. The van der Waals surface area contributed by atoms with Gasteiger partial charge in [0.1, 0.15) is 4.88 Å². The highest BCUT2D eigenvalue weighted by atomic mass is 32.2. The SMILES string of the molecule is CC(CO)CSc1csc(C(=O)O)c1. The second-order valence-electron chi connectivity index (χ2n) is 3.05. The van der Waals surface area contributed by atoms with E-state index in [-0.39, 0.29) is 12.5 Å². The Morgan fingerprint density at radius 3 is 2.93 bits per heavy atom. The van der Waals surface area contributed by atoms with Crippen molar-refractivity contribution in [2.24, 2.45) is 5.92 Å². The van der Waals surface area contributed by atoms with Gasteiger partial charge in [-0.05, 0) is 12.0 Å². The maximum atomic E-state index is 10.6. The van der Waals surface area contributed by atoms with Crippen molar-refractivity contribution in [3.05, 3.63) is 16.3 Å². The number of aromatic carboxylic acids is 1. The van der Waals surface area contributed by atoms with E-state index in [1.54, 1.807) is 17.8 Å². The van der Waals surface area contributed by atoms with E-state index in [0.717, 1.165) is 10.6 Å². The molecule has 0 bridgehead atoms. The number of carboxylic acid groups (broad SMARTS) is 1. The number of aliphatic hydroxyl groups is 1. The van der Waals surface area contributed by atoms with Gasteiger partial charge in [0.25, 0.3) is 0 Å². The number of carboxylic acids is 1. The van der Waals surface area contributed by atoms with Crippen molar-refractivity contribution in [2.75, 3.05) is 12.4 Å². The van der Waals surface area contributed by atoms with Crippen LogP contribution >= 0.6 is 23.1 Å². The van der Waals surface area contributed by atoms with Crippen molar-refractivity contribution in [1.29, 1.82) is 0 Å². The monoisotopic (exact) mass is 232 g/mol. The topological polar surface area (TPSA) is 57.5 Å². The van der Waals surface area contributed by atoms with Gasteiger partial charge in [-0.1, -0.05) is 6.92 Å². The number of hydrogen-bond donors (Lipinski definition) is 2. The number of thiophene rings is 1. The van der Waals surface area contributed by atoms with Crippen molar-refractivity contribution in [1.82, 2.24) is 0 Å². The molecule has 78 valence electrons.